The van der Waals surface area contributed by atoms with Gasteiger partial charge in [-0.3, -0.25) is 0 Å². The van der Waals surface area contributed by atoms with Gasteiger partial charge < -0.3 is 18.9 Å². The zero-order chi connectivity index (χ0) is 44.2. The Morgan fingerprint density at radius 3 is 1.15 bits per heavy atom. The van der Waals surface area contributed by atoms with Crippen molar-refractivity contribution < 1.29 is 18.9 Å². The summed E-state index contributed by atoms with van der Waals surface area (Å²) in [4.78, 5) is 0. The quantitative estimate of drug-likeness (QED) is 0.182. The van der Waals surface area contributed by atoms with Crippen LogP contribution >= 0.6 is 0 Å². The van der Waals surface area contributed by atoms with Crippen LogP contribution in [0.3, 0.4) is 0 Å². The van der Waals surface area contributed by atoms with Gasteiger partial charge in [-0.15, -0.1) is 0 Å². The van der Waals surface area contributed by atoms with Gasteiger partial charge in [0.25, 0.3) is 0 Å². The first kappa shape index (κ1) is 47.5. The molecule has 2 atom stereocenters. The van der Waals surface area contributed by atoms with E-state index < -0.39 is 0 Å². The molecule has 0 N–H and O–H groups in total. The van der Waals surface area contributed by atoms with Gasteiger partial charge in [-0.1, -0.05) is 159 Å². The highest BCUT2D eigenvalue weighted by atomic mass is 16.5. The van der Waals surface area contributed by atoms with Crippen LogP contribution in [0.2, 0.25) is 0 Å². The Balaban J connectivity index is 1.97. The van der Waals surface area contributed by atoms with E-state index in [4.69, 9.17) is 18.9 Å². The normalized spacial score (nSPS) is 17.5. The predicted octanol–water partition coefficient (Wildman–Crippen LogP) is 14.5. The topological polar surface area (TPSA) is 36.9 Å². The fourth-order valence-corrected chi connectivity index (χ4v) is 8.61. The van der Waals surface area contributed by atoms with E-state index in [0.29, 0.717) is 39.3 Å². The molecule has 5 rings (SSSR count). The van der Waals surface area contributed by atoms with E-state index >= 15 is 0 Å². The van der Waals surface area contributed by atoms with Crippen LogP contribution in [0.25, 0.3) is 0 Å². The van der Waals surface area contributed by atoms with Gasteiger partial charge in [0.1, 0.15) is 17.2 Å². The molecule has 2 aliphatic rings. The molecule has 0 heterocycles. The van der Waals surface area contributed by atoms with Crippen LogP contribution in [0.15, 0.2) is 59.7 Å². The van der Waals surface area contributed by atoms with Gasteiger partial charge >= 0.3 is 0 Å². The zero-order valence-electron chi connectivity index (χ0n) is 40.9. The lowest BCUT2D eigenvalue weighted by atomic mass is 9.73. The molecule has 0 aliphatic heterocycles. The Morgan fingerprint density at radius 2 is 0.800 bits per heavy atom. The maximum absolute atomic E-state index is 7.07. The van der Waals surface area contributed by atoms with Gasteiger partial charge in [-0.05, 0) is 121 Å². The van der Waals surface area contributed by atoms with Gasteiger partial charge in [0.2, 0.25) is 0 Å². The van der Waals surface area contributed by atoms with E-state index in [9.17, 15) is 0 Å². The van der Waals surface area contributed by atoms with Crippen molar-refractivity contribution in [2.45, 2.75) is 184 Å². The second kappa shape index (κ2) is 19.3. The lowest BCUT2D eigenvalue weighted by Gasteiger charge is -2.36. The molecule has 4 heteroatoms. The lowest BCUT2D eigenvalue weighted by Crippen LogP contribution is -2.33. The Hall–Kier alpha value is -3.50. The molecule has 0 aromatic heterocycles. The van der Waals surface area contributed by atoms with Crippen LogP contribution in [0.1, 0.15) is 187 Å². The van der Waals surface area contributed by atoms with Crippen molar-refractivity contribution in [2.75, 3.05) is 26.4 Å². The monoisotopic (exact) mass is 819 g/mol. The molecular formula is C56H82O4. The van der Waals surface area contributed by atoms with Crippen LogP contribution in [-0.2, 0) is 46.7 Å². The largest absolute Gasteiger partial charge is 0.493 e. The average Bonchev–Trinajstić information content (AvgIpc) is 3.14. The minimum absolute atomic E-state index is 0.0393. The van der Waals surface area contributed by atoms with E-state index in [1.807, 2.05) is 0 Å². The van der Waals surface area contributed by atoms with Crippen molar-refractivity contribution >= 4 is 0 Å². The third-order valence-electron chi connectivity index (χ3n) is 12.1. The first-order valence-electron chi connectivity index (χ1n) is 23.5. The Kier molecular flexibility index (Phi) is 15.3. The summed E-state index contributed by atoms with van der Waals surface area (Å²) in [6.45, 7) is 39.6. The Morgan fingerprint density at radius 1 is 0.450 bits per heavy atom. The second-order valence-electron chi connectivity index (χ2n) is 21.9. The maximum atomic E-state index is 7.07. The summed E-state index contributed by atoms with van der Waals surface area (Å²) in [5.41, 5.74) is 13.9. The predicted molar refractivity (Wildman–Crippen MR) is 255 cm³/mol. The van der Waals surface area contributed by atoms with Crippen molar-refractivity contribution in [2.24, 2.45) is 11.3 Å². The summed E-state index contributed by atoms with van der Waals surface area (Å²) < 4.78 is 27.9. The van der Waals surface area contributed by atoms with Gasteiger partial charge in [0.15, 0.2) is 0 Å². The second-order valence-corrected chi connectivity index (χ2v) is 21.9. The Bertz CT molecular complexity index is 2000. The van der Waals surface area contributed by atoms with Gasteiger partial charge in [-0.25, -0.2) is 0 Å². The highest BCUT2D eigenvalue weighted by Gasteiger charge is 2.35. The first-order chi connectivity index (χ1) is 28.1. The molecule has 0 saturated carbocycles. The zero-order valence-corrected chi connectivity index (χ0v) is 40.9. The molecule has 4 nitrogen and oxygen atoms in total. The first-order valence-corrected chi connectivity index (χ1v) is 23.5. The molecule has 3 aromatic carbocycles. The molecule has 0 fully saturated rings. The molecular weight excluding hydrogens is 737 g/mol. The van der Waals surface area contributed by atoms with Crippen LogP contribution in [0, 0.1) is 11.3 Å². The lowest BCUT2D eigenvalue weighted by molar-refractivity contribution is 0.0468. The maximum Gasteiger partial charge on any atom is 0.126 e. The highest BCUT2D eigenvalue weighted by Crippen LogP contribution is 2.45. The number of fused-ring (bicyclic) bond motifs is 8. The van der Waals surface area contributed by atoms with Crippen molar-refractivity contribution in [3.8, 4) is 17.2 Å². The average molecular weight is 819 g/mol. The van der Waals surface area contributed by atoms with Crippen LogP contribution in [-0.4, -0.2) is 32.5 Å². The van der Waals surface area contributed by atoms with E-state index in [2.05, 4.69) is 159 Å². The van der Waals surface area contributed by atoms with Gasteiger partial charge in [-0.2, -0.15) is 0 Å². The molecule has 0 radical (unpaired) electrons. The third kappa shape index (κ3) is 11.5. The van der Waals surface area contributed by atoms with E-state index in [1.54, 1.807) is 0 Å². The minimum Gasteiger partial charge on any atom is -0.493 e. The number of rotatable bonds is 12. The molecule has 2 aliphatic carbocycles. The fourth-order valence-electron chi connectivity index (χ4n) is 8.61. The van der Waals surface area contributed by atoms with Crippen LogP contribution in [0.5, 0.6) is 17.2 Å². The summed E-state index contributed by atoms with van der Waals surface area (Å²) in [6, 6.07) is 14.6. The van der Waals surface area contributed by atoms with E-state index in [-0.39, 0.29) is 33.7 Å². The van der Waals surface area contributed by atoms with E-state index in [0.717, 1.165) is 55.8 Å². The van der Waals surface area contributed by atoms with Crippen LogP contribution < -0.4 is 14.2 Å². The van der Waals surface area contributed by atoms with Crippen molar-refractivity contribution in [3.05, 3.63) is 110 Å². The molecule has 0 saturated heterocycles. The molecule has 3 aromatic rings. The molecule has 0 spiro atoms. The number of allylic oxidation sites excluding steroid dienone is 2. The summed E-state index contributed by atoms with van der Waals surface area (Å²) >= 11 is 0. The summed E-state index contributed by atoms with van der Waals surface area (Å²) in [5.74, 6) is 3.19. The number of hydrogen-bond acceptors (Lipinski definition) is 4. The van der Waals surface area contributed by atoms with Crippen molar-refractivity contribution in [3.63, 3.8) is 0 Å². The molecule has 0 amide bonds. The smallest absolute Gasteiger partial charge is 0.126 e. The molecule has 8 bridgehead atoms. The van der Waals surface area contributed by atoms with Crippen molar-refractivity contribution in [1.29, 1.82) is 0 Å². The third-order valence-corrected chi connectivity index (χ3v) is 12.1. The molecule has 2 unspecified atom stereocenters. The number of hydrogen-bond donors (Lipinski definition) is 0. The van der Waals surface area contributed by atoms with Gasteiger partial charge in [0, 0.05) is 25.4 Å². The number of ether oxygens (including phenoxy) is 4. The fraction of sp³-hybridized carbons (Fsp3) is 0.607. The summed E-state index contributed by atoms with van der Waals surface area (Å²) in [5, 5.41) is 0. The summed E-state index contributed by atoms with van der Waals surface area (Å²) in [7, 11) is 0. The van der Waals surface area contributed by atoms with E-state index in [1.165, 1.54) is 61.2 Å². The van der Waals surface area contributed by atoms with Crippen LogP contribution in [0.4, 0.5) is 0 Å². The summed E-state index contributed by atoms with van der Waals surface area (Å²) in [6.07, 6.45) is 11.7. The Labute approximate surface area is 366 Å². The highest BCUT2D eigenvalue weighted by molar-refractivity contribution is 5.58. The minimum atomic E-state index is -0.0818. The standard InChI is InChI=1S/C56H82O4/c1-17-21-57-49-37-25-39-31-46(54(8,9)10)33-41(50(39)58-22-18-2)27-43-35-48(56(14,15)16)36-44(52(43)60-24-20-4)28-42-34-47(55(11,12)13)32-40(51(42)59-23-19-3)26-38(49)30-45(29-37)53(5,6)7/h29-37,49H,17-28H2,1-16H3. The van der Waals surface area contributed by atoms with Gasteiger partial charge in [0.05, 0.1) is 25.9 Å². The molecule has 60 heavy (non-hydrogen) atoms. The molecule has 330 valence electrons. The number of benzene rings is 3. The SMILES string of the molecule is CCCOc1c2cc(C(C)(C)C)cc1Cc1cc(C(C)(C)C)cc(c1OCCC)Cc1cc(C(C)(C)C)cc(c1OCCC)CC1C=C(C(C)(C)C)C=C(C2)C1OCCC. The van der Waals surface area contributed by atoms with Crippen molar-refractivity contribution in [1.82, 2.24) is 0 Å².